The van der Waals surface area contributed by atoms with Gasteiger partial charge in [0.1, 0.15) is 0 Å². The predicted octanol–water partition coefficient (Wildman–Crippen LogP) is 1.81. The first-order valence-corrected chi connectivity index (χ1v) is 8.39. The molecule has 1 N–H and O–H groups in total. The number of nitrogens with zero attached hydrogens (tertiary/aromatic N) is 3. The molecule has 1 aliphatic heterocycles. The molecule has 2 aromatic rings. The number of ether oxygens (including phenoxy) is 1. The van der Waals surface area contributed by atoms with Crippen LogP contribution in [0.25, 0.3) is 0 Å². The molecule has 0 unspecified atom stereocenters. The SMILES string of the molecule is Cc1cnccc1NS(=O)(=O)c1cnn2c1OCC(C)(C)C2. The van der Waals surface area contributed by atoms with Gasteiger partial charge in [0.05, 0.1) is 25.0 Å². The summed E-state index contributed by atoms with van der Waals surface area (Å²) in [6.07, 6.45) is 4.47. The Bertz CT molecular complexity index is 811. The number of anilines is 1. The molecule has 8 heteroatoms. The predicted molar refractivity (Wildman–Crippen MR) is 81.3 cm³/mol. The molecular formula is C14H18N4O3S. The van der Waals surface area contributed by atoms with Crippen molar-refractivity contribution in [3.63, 3.8) is 0 Å². The van der Waals surface area contributed by atoms with Crippen molar-refractivity contribution in [3.05, 3.63) is 30.2 Å². The lowest BCUT2D eigenvalue weighted by Gasteiger charge is -2.30. The molecule has 22 heavy (non-hydrogen) atoms. The van der Waals surface area contributed by atoms with Crippen LogP contribution in [0.3, 0.4) is 0 Å². The number of nitrogens with one attached hydrogen (secondary N) is 1. The number of rotatable bonds is 3. The van der Waals surface area contributed by atoms with Gasteiger partial charge in [-0.25, -0.2) is 13.1 Å². The number of aromatic nitrogens is 3. The zero-order valence-corrected chi connectivity index (χ0v) is 13.5. The molecule has 3 rings (SSSR count). The van der Waals surface area contributed by atoms with E-state index in [1.807, 2.05) is 13.8 Å². The quantitative estimate of drug-likeness (QED) is 0.931. The lowest BCUT2D eigenvalue weighted by Crippen LogP contribution is -2.33. The summed E-state index contributed by atoms with van der Waals surface area (Å²) in [5.41, 5.74) is 1.16. The van der Waals surface area contributed by atoms with E-state index in [1.54, 1.807) is 23.9 Å². The van der Waals surface area contributed by atoms with Gasteiger partial charge in [0.2, 0.25) is 5.88 Å². The molecule has 0 saturated heterocycles. The minimum atomic E-state index is -3.76. The van der Waals surface area contributed by atoms with Crippen LogP contribution in [0.4, 0.5) is 5.69 Å². The van der Waals surface area contributed by atoms with Crippen LogP contribution < -0.4 is 9.46 Å². The molecular weight excluding hydrogens is 304 g/mol. The van der Waals surface area contributed by atoms with E-state index in [9.17, 15) is 8.42 Å². The highest BCUT2D eigenvalue weighted by molar-refractivity contribution is 7.92. The number of sulfonamides is 1. The van der Waals surface area contributed by atoms with Gasteiger partial charge in [-0.1, -0.05) is 13.8 Å². The van der Waals surface area contributed by atoms with E-state index in [4.69, 9.17) is 4.74 Å². The van der Waals surface area contributed by atoms with Gasteiger partial charge in [0.15, 0.2) is 4.90 Å². The number of pyridine rings is 1. The van der Waals surface area contributed by atoms with Crippen molar-refractivity contribution in [2.24, 2.45) is 5.41 Å². The maximum atomic E-state index is 12.6. The Labute approximate surface area is 129 Å². The van der Waals surface area contributed by atoms with Gasteiger partial charge in [-0.05, 0) is 18.6 Å². The Morgan fingerprint density at radius 3 is 2.86 bits per heavy atom. The second-order valence-corrected chi connectivity index (χ2v) is 7.87. The first-order valence-electron chi connectivity index (χ1n) is 6.91. The molecule has 0 aromatic carbocycles. The number of hydrogen-bond donors (Lipinski definition) is 1. The molecule has 0 atom stereocenters. The van der Waals surface area contributed by atoms with E-state index >= 15 is 0 Å². The van der Waals surface area contributed by atoms with Crippen molar-refractivity contribution in [1.29, 1.82) is 0 Å². The van der Waals surface area contributed by atoms with Gasteiger partial charge >= 0.3 is 0 Å². The molecule has 0 amide bonds. The molecule has 2 aromatic heterocycles. The fourth-order valence-electron chi connectivity index (χ4n) is 2.30. The molecule has 3 heterocycles. The average Bonchev–Trinajstić information content (AvgIpc) is 2.83. The van der Waals surface area contributed by atoms with Crippen LogP contribution in [0.15, 0.2) is 29.6 Å². The van der Waals surface area contributed by atoms with Crippen LogP contribution in [-0.2, 0) is 16.6 Å². The van der Waals surface area contributed by atoms with Gasteiger partial charge < -0.3 is 4.74 Å². The van der Waals surface area contributed by atoms with E-state index < -0.39 is 10.0 Å². The average molecular weight is 322 g/mol. The first-order chi connectivity index (χ1) is 10.3. The normalized spacial score (nSPS) is 16.7. The van der Waals surface area contributed by atoms with Crippen LogP contribution in [0.1, 0.15) is 19.4 Å². The number of aryl methyl sites for hydroxylation is 1. The maximum absolute atomic E-state index is 12.6. The highest BCUT2D eigenvalue weighted by Gasteiger charge is 2.33. The lowest BCUT2D eigenvalue weighted by molar-refractivity contribution is 0.0971. The van der Waals surface area contributed by atoms with Crippen molar-refractivity contribution in [2.75, 3.05) is 11.3 Å². The second kappa shape index (κ2) is 4.98. The minimum Gasteiger partial charge on any atom is -0.476 e. The maximum Gasteiger partial charge on any atom is 0.268 e. The van der Waals surface area contributed by atoms with E-state index in [-0.39, 0.29) is 10.3 Å². The van der Waals surface area contributed by atoms with Crippen molar-refractivity contribution in [3.8, 4) is 5.88 Å². The highest BCUT2D eigenvalue weighted by Crippen LogP contribution is 2.33. The van der Waals surface area contributed by atoms with Crippen molar-refractivity contribution < 1.29 is 13.2 Å². The van der Waals surface area contributed by atoms with E-state index in [0.717, 1.165) is 5.56 Å². The van der Waals surface area contributed by atoms with E-state index in [1.165, 1.54) is 12.4 Å². The topological polar surface area (TPSA) is 86.1 Å². The van der Waals surface area contributed by atoms with Crippen LogP contribution in [0.5, 0.6) is 5.88 Å². The Balaban J connectivity index is 1.95. The summed E-state index contributed by atoms with van der Waals surface area (Å²) < 4.78 is 35.0. The molecule has 0 aliphatic carbocycles. The van der Waals surface area contributed by atoms with Gasteiger partial charge in [0, 0.05) is 17.8 Å². The van der Waals surface area contributed by atoms with Gasteiger partial charge in [-0.15, -0.1) is 0 Å². The third-order valence-electron chi connectivity index (χ3n) is 3.49. The van der Waals surface area contributed by atoms with Crippen LogP contribution in [-0.4, -0.2) is 29.8 Å². The second-order valence-electron chi connectivity index (χ2n) is 6.22. The summed E-state index contributed by atoms with van der Waals surface area (Å²) in [6.45, 7) is 6.95. The zero-order valence-electron chi connectivity index (χ0n) is 12.7. The van der Waals surface area contributed by atoms with Crippen LogP contribution in [0, 0.1) is 12.3 Å². The standard InChI is InChI=1S/C14H18N4O3S/c1-10-6-15-5-4-11(10)17-22(19,20)12-7-16-18-8-14(2,3)9-21-13(12)18/h4-7H,8-9H2,1-3H3,(H,15,17). The fourth-order valence-corrected chi connectivity index (χ4v) is 3.51. The molecule has 0 bridgehead atoms. The summed E-state index contributed by atoms with van der Waals surface area (Å²) >= 11 is 0. The Morgan fingerprint density at radius 1 is 1.36 bits per heavy atom. The molecule has 0 fully saturated rings. The summed E-state index contributed by atoms with van der Waals surface area (Å²) in [5.74, 6) is 0.290. The smallest absolute Gasteiger partial charge is 0.268 e. The van der Waals surface area contributed by atoms with Gasteiger partial charge in [0.25, 0.3) is 10.0 Å². The van der Waals surface area contributed by atoms with Gasteiger partial charge in [-0.3, -0.25) is 9.71 Å². The highest BCUT2D eigenvalue weighted by atomic mass is 32.2. The Morgan fingerprint density at radius 2 is 2.14 bits per heavy atom. The summed E-state index contributed by atoms with van der Waals surface area (Å²) in [5, 5.41) is 4.14. The lowest BCUT2D eigenvalue weighted by atomic mass is 9.94. The fraction of sp³-hybridized carbons (Fsp3) is 0.429. The largest absolute Gasteiger partial charge is 0.476 e. The number of hydrogen-bond acceptors (Lipinski definition) is 5. The summed E-state index contributed by atoms with van der Waals surface area (Å²) in [6, 6.07) is 1.62. The van der Waals surface area contributed by atoms with Gasteiger partial charge in [-0.2, -0.15) is 5.10 Å². The Hall–Kier alpha value is -2.09. The molecule has 0 radical (unpaired) electrons. The molecule has 0 saturated carbocycles. The van der Waals surface area contributed by atoms with Crippen molar-refractivity contribution in [2.45, 2.75) is 32.2 Å². The third kappa shape index (κ3) is 2.66. The zero-order chi connectivity index (χ0) is 16.0. The van der Waals surface area contributed by atoms with Crippen molar-refractivity contribution in [1.82, 2.24) is 14.8 Å². The summed E-state index contributed by atoms with van der Waals surface area (Å²) in [4.78, 5) is 4.00. The molecule has 7 nitrogen and oxygen atoms in total. The third-order valence-corrected chi connectivity index (χ3v) is 4.84. The van der Waals surface area contributed by atoms with E-state index in [0.29, 0.717) is 24.7 Å². The first kappa shape index (κ1) is 14.8. The van der Waals surface area contributed by atoms with Crippen LogP contribution >= 0.6 is 0 Å². The summed E-state index contributed by atoms with van der Waals surface area (Å²) in [7, 11) is -3.76. The van der Waals surface area contributed by atoms with Crippen LogP contribution in [0.2, 0.25) is 0 Å². The molecule has 0 spiro atoms. The molecule has 1 aliphatic rings. The number of fused-ring (bicyclic) bond motifs is 1. The minimum absolute atomic E-state index is 0.0548. The van der Waals surface area contributed by atoms with E-state index in [2.05, 4.69) is 14.8 Å². The monoisotopic (exact) mass is 322 g/mol. The molecule has 118 valence electrons. The van der Waals surface area contributed by atoms with Crippen molar-refractivity contribution >= 4 is 15.7 Å². The Kier molecular flexibility index (Phi) is 3.36.